The van der Waals surface area contributed by atoms with E-state index < -0.39 is 0 Å². The molecule has 24 heavy (non-hydrogen) atoms. The minimum absolute atomic E-state index is 0.755. The molecule has 122 valence electrons. The molecule has 2 aliphatic heterocycles. The van der Waals surface area contributed by atoms with Gasteiger partial charge in [0.05, 0.1) is 6.67 Å². The van der Waals surface area contributed by atoms with Crippen molar-refractivity contribution in [2.45, 2.75) is 6.54 Å². The van der Waals surface area contributed by atoms with Gasteiger partial charge in [-0.05, 0) is 29.8 Å². The van der Waals surface area contributed by atoms with E-state index in [1.165, 1.54) is 17.0 Å². The summed E-state index contributed by atoms with van der Waals surface area (Å²) in [6, 6.07) is 12.1. The molecule has 2 aromatic rings. The molecule has 0 saturated heterocycles. The summed E-state index contributed by atoms with van der Waals surface area (Å²) in [6.07, 6.45) is 8.14. The van der Waals surface area contributed by atoms with Gasteiger partial charge in [0.1, 0.15) is 5.82 Å². The second-order valence-electron chi connectivity index (χ2n) is 6.05. The minimum atomic E-state index is 0.755. The van der Waals surface area contributed by atoms with Crippen molar-refractivity contribution in [1.29, 1.82) is 0 Å². The lowest BCUT2D eigenvalue weighted by Gasteiger charge is -2.41. The molecule has 0 bridgehead atoms. The first-order valence-electron chi connectivity index (χ1n) is 8.07. The lowest BCUT2D eigenvalue weighted by Crippen LogP contribution is -2.48. The molecule has 1 aromatic carbocycles. The topological polar surface area (TPSA) is 31.4 Å². The Kier molecular flexibility index (Phi) is 4.24. The summed E-state index contributed by atoms with van der Waals surface area (Å²) in [7, 11) is 0. The highest BCUT2D eigenvalue weighted by molar-refractivity contribution is 6.30. The average molecular weight is 339 g/mol. The Morgan fingerprint density at radius 3 is 3.00 bits per heavy atom. The van der Waals surface area contributed by atoms with Gasteiger partial charge in [-0.25, -0.2) is 0 Å². The van der Waals surface area contributed by atoms with E-state index in [0.29, 0.717) is 0 Å². The molecule has 0 unspecified atom stereocenters. The standard InChI is InChI=1S/C19H19ClN4/c20-17-6-1-7-18(10-17)24-14-23(12-15-4-2-8-21-11-15)13-16-5-3-9-22-19(16)24/h1-8,10-11,22H,9,12-14H2. The van der Waals surface area contributed by atoms with Gasteiger partial charge < -0.3 is 10.2 Å². The Morgan fingerprint density at radius 1 is 1.21 bits per heavy atom. The van der Waals surface area contributed by atoms with Crippen LogP contribution < -0.4 is 10.2 Å². The molecule has 4 nitrogen and oxygen atoms in total. The molecule has 0 radical (unpaired) electrons. The monoisotopic (exact) mass is 338 g/mol. The highest BCUT2D eigenvalue weighted by Gasteiger charge is 2.26. The second-order valence-corrected chi connectivity index (χ2v) is 6.49. The van der Waals surface area contributed by atoms with E-state index in [9.17, 15) is 0 Å². The first kappa shape index (κ1) is 15.2. The van der Waals surface area contributed by atoms with Crippen LogP contribution in [0.5, 0.6) is 0 Å². The summed E-state index contributed by atoms with van der Waals surface area (Å²) in [5, 5.41) is 4.27. The van der Waals surface area contributed by atoms with Crippen LogP contribution in [0.25, 0.3) is 0 Å². The fourth-order valence-corrected chi connectivity index (χ4v) is 3.40. The Labute approximate surface area is 147 Å². The van der Waals surface area contributed by atoms with E-state index in [1.54, 1.807) is 0 Å². The van der Waals surface area contributed by atoms with Crippen molar-refractivity contribution in [2.24, 2.45) is 0 Å². The fraction of sp³-hybridized carbons (Fsp3) is 0.211. The summed E-state index contributed by atoms with van der Waals surface area (Å²) in [5.41, 5.74) is 3.63. The average Bonchev–Trinajstić information content (AvgIpc) is 2.62. The Balaban J connectivity index is 1.65. The SMILES string of the molecule is Clc1cccc(N2CN(Cc3cccnc3)CC3=C2NCC=C3)c1. The molecule has 2 aliphatic rings. The van der Waals surface area contributed by atoms with E-state index >= 15 is 0 Å². The molecule has 1 N–H and O–H groups in total. The summed E-state index contributed by atoms with van der Waals surface area (Å²) in [5.74, 6) is 1.18. The molecule has 5 heteroatoms. The summed E-state index contributed by atoms with van der Waals surface area (Å²) in [4.78, 5) is 8.93. The van der Waals surface area contributed by atoms with E-state index in [0.717, 1.165) is 37.0 Å². The zero-order valence-electron chi connectivity index (χ0n) is 13.3. The number of nitrogens with zero attached hydrogens (tertiary/aromatic N) is 3. The van der Waals surface area contributed by atoms with Crippen LogP contribution in [0.15, 0.2) is 72.3 Å². The lowest BCUT2D eigenvalue weighted by atomic mass is 10.1. The van der Waals surface area contributed by atoms with Crippen LogP contribution >= 0.6 is 11.6 Å². The van der Waals surface area contributed by atoms with Crippen LogP contribution in [-0.2, 0) is 6.54 Å². The number of pyridine rings is 1. The number of aromatic nitrogens is 1. The number of hydrogen-bond acceptors (Lipinski definition) is 4. The zero-order valence-corrected chi connectivity index (χ0v) is 14.1. The summed E-state index contributed by atoms with van der Waals surface area (Å²) in [6.45, 7) is 3.47. The number of rotatable bonds is 3. The largest absolute Gasteiger partial charge is 0.368 e. The predicted octanol–water partition coefficient (Wildman–Crippen LogP) is 3.39. The minimum Gasteiger partial charge on any atom is -0.368 e. The highest BCUT2D eigenvalue weighted by atomic mass is 35.5. The van der Waals surface area contributed by atoms with E-state index in [2.05, 4.69) is 44.4 Å². The van der Waals surface area contributed by atoms with Crippen LogP contribution in [-0.4, -0.2) is 29.6 Å². The maximum absolute atomic E-state index is 6.21. The van der Waals surface area contributed by atoms with Gasteiger partial charge in [-0.2, -0.15) is 0 Å². The van der Waals surface area contributed by atoms with Gasteiger partial charge in [0.2, 0.25) is 0 Å². The molecule has 1 aromatic heterocycles. The molecule has 3 heterocycles. The number of benzene rings is 1. The smallest absolute Gasteiger partial charge is 0.112 e. The highest BCUT2D eigenvalue weighted by Crippen LogP contribution is 2.29. The van der Waals surface area contributed by atoms with Crippen molar-refractivity contribution in [3.05, 3.63) is 82.9 Å². The van der Waals surface area contributed by atoms with Crippen molar-refractivity contribution >= 4 is 17.3 Å². The molecule has 0 fully saturated rings. The third kappa shape index (κ3) is 3.16. The van der Waals surface area contributed by atoms with Gasteiger partial charge in [0.25, 0.3) is 0 Å². The van der Waals surface area contributed by atoms with Crippen LogP contribution in [0.3, 0.4) is 0 Å². The number of anilines is 1. The maximum Gasteiger partial charge on any atom is 0.112 e. The molecule has 0 amide bonds. The number of hydrogen-bond donors (Lipinski definition) is 1. The molecule has 0 spiro atoms. The Hall–Kier alpha value is -2.30. The van der Waals surface area contributed by atoms with Crippen LogP contribution in [0.2, 0.25) is 5.02 Å². The van der Waals surface area contributed by atoms with Crippen molar-refractivity contribution in [3.63, 3.8) is 0 Å². The first-order valence-corrected chi connectivity index (χ1v) is 8.45. The van der Waals surface area contributed by atoms with E-state index in [4.69, 9.17) is 11.6 Å². The van der Waals surface area contributed by atoms with Gasteiger partial charge >= 0.3 is 0 Å². The second kappa shape index (κ2) is 6.67. The maximum atomic E-state index is 6.21. The molecule has 0 saturated carbocycles. The molecular formula is C19H19ClN4. The quantitative estimate of drug-likeness (QED) is 0.929. The Morgan fingerprint density at radius 2 is 2.17 bits per heavy atom. The van der Waals surface area contributed by atoms with Gasteiger partial charge in [-0.3, -0.25) is 9.88 Å². The van der Waals surface area contributed by atoms with Crippen molar-refractivity contribution < 1.29 is 0 Å². The number of dihydropyridines is 1. The van der Waals surface area contributed by atoms with Gasteiger partial charge in [-0.1, -0.05) is 35.9 Å². The number of nitrogens with one attached hydrogen (secondary N) is 1. The van der Waals surface area contributed by atoms with Gasteiger partial charge in [0.15, 0.2) is 0 Å². The van der Waals surface area contributed by atoms with Crippen LogP contribution in [0, 0.1) is 0 Å². The third-order valence-corrected chi connectivity index (χ3v) is 4.50. The van der Waals surface area contributed by atoms with Crippen molar-refractivity contribution in [1.82, 2.24) is 15.2 Å². The number of halogens is 1. The summed E-state index contributed by atoms with van der Waals surface area (Å²) < 4.78 is 0. The molecule has 4 rings (SSSR count). The van der Waals surface area contributed by atoms with Crippen LogP contribution in [0.4, 0.5) is 5.69 Å². The van der Waals surface area contributed by atoms with E-state index in [1.807, 2.05) is 36.7 Å². The van der Waals surface area contributed by atoms with Gasteiger partial charge in [-0.15, -0.1) is 0 Å². The van der Waals surface area contributed by atoms with Crippen LogP contribution in [0.1, 0.15) is 5.56 Å². The fourth-order valence-electron chi connectivity index (χ4n) is 3.22. The Bertz CT molecular complexity index is 785. The zero-order chi connectivity index (χ0) is 16.4. The lowest BCUT2D eigenvalue weighted by molar-refractivity contribution is 0.276. The molecular weight excluding hydrogens is 320 g/mol. The first-order chi connectivity index (χ1) is 11.8. The molecule has 0 aliphatic carbocycles. The normalized spacial score (nSPS) is 17.6. The predicted molar refractivity (Wildman–Crippen MR) is 97.6 cm³/mol. The van der Waals surface area contributed by atoms with Crippen molar-refractivity contribution in [2.75, 3.05) is 24.7 Å². The van der Waals surface area contributed by atoms with Crippen molar-refractivity contribution in [3.8, 4) is 0 Å². The summed E-state index contributed by atoms with van der Waals surface area (Å²) >= 11 is 6.21. The van der Waals surface area contributed by atoms with E-state index in [-0.39, 0.29) is 0 Å². The third-order valence-electron chi connectivity index (χ3n) is 4.26. The van der Waals surface area contributed by atoms with Gasteiger partial charge in [0, 0.05) is 48.3 Å². The molecule has 0 atom stereocenters.